The van der Waals surface area contributed by atoms with Crippen LogP contribution >= 0.6 is 0 Å². The molecule has 0 rings (SSSR count). The lowest BCUT2D eigenvalue weighted by Crippen LogP contribution is -2.47. The molecule has 0 fully saturated rings. The van der Waals surface area contributed by atoms with Gasteiger partial charge in [0.05, 0.1) is 0 Å². The van der Waals surface area contributed by atoms with Crippen LogP contribution in [-0.2, 0) is 9.53 Å². The Labute approximate surface area is 128 Å². The van der Waals surface area contributed by atoms with E-state index >= 15 is 0 Å². The lowest BCUT2D eigenvalue weighted by Gasteiger charge is -2.22. The maximum absolute atomic E-state index is 12.8. The molecule has 2 amide bonds. The molecule has 22 heavy (non-hydrogen) atoms. The van der Waals surface area contributed by atoms with Crippen molar-refractivity contribution in [2.24, 2.45) is 0 Å². The van der Waals surface area contributed by atoms with E-state index in [-0.39, 0.29) is 6.54 Å². The number of amides is 2. The van der Waals surface area contributed by atoms with Gasteiger partial charge in [-0.2, -0.15) is 13.2 Å². The van der Waals surface area contributed by atoms with Crippen LogP contribution in [0.3, 0.4) is 0 Å². The highest BCUT2D eigenvalue weighted by Crippen LogP contribution is 2.22. The SMILES string of the molecule is CC(C)=CC(=O)NC(CCNC(=O)OC(C)(C)C)C(F)(F)F. The van der Waals surface area contributed by atoms with E-state index in [1.165, 1.54) is 0 Å². The minimum Gasteiger partial charge on any atom is -0.444 e. The summed E-state index contributed by atoms with van der Waals surface area (Å²) >= 11 is 0. The minimum atomic E-state index is -4.60. The molecule has 0 radical (unpaired) electrons. The van der Waals surface area contributed by atoms with E-state index in [2.05, 4.69) is 5.32 Å². The second-order valence-corrected chi connectivity index (χ2v) is 6.04. The summed E-state index contributed by atoms with van der Waals surface area (Å²) < 4.78 is 43.4. The molecule has 0 aromatic heterocycles. The number of alkyl halides is 3. The number of hydrogen-bond donors (Lipinski definition) is 2. The van der Waals surface area contributed by atoms with Crippen molar-refractivity contribution in [1.82, 2.24) is 10.6 Å². The predicted octanol–water partition coefficient (Wildman–Crippen LogP) is 2.91. The third-order valence-corrected chi connectivity index (χ3v) is 2.23. The van der Waals surface area contributed by atoms with Crippen LogP contribution in [0.25, 0.3) is 0 Å². The van der Waals surface area contributed by atoms with Crippen LogP contribution in [0.1, 0.15) is 41.0 Å². The fourth-order valence-electron chi connectivity index (χ4n) is 1.43. The molecule has 0 heterocycles. The zero-order valence-corrected chi connectivity index (χ0v) is 13.4. The van der Waals surface area contributed by atoms with Crippen molar-refractivity contribution in [2.45, 2.75) is 58.9 Å². The molecule has 0 aromatic rings. The second kappa shape index (κ2) is 8.05. The van der Waals surface area contributed by atoms with Crippen molar-refractivity contribution >= 4 is 12.0 Å². The van der Waals surface area contributed by atoms with E-state index in [0.29, 0.717) is 5.57 Å². The maximum atomic E-state index is 12.8. The number of halogens is 3. The standard InChI is InChI=1S/C14H23F3N2O3/c1-9(2)8-11(20)19-10(14(15,16)17)6-7-18-12(21)22-13(3,4)5/h8,10H,6-7H2,1-5H3,(H,18,21)(H,19,20). The largest absolute Gasteiger partial charge is 0.444 e. The molecular weight excluding hydrogens is 301 g/mol. The summed E-state index contributed by atoms with van der Waals surface area (Å²) in [5, 5.41) is 4.11. The zero-order chi connectivity index (χ0) is 17.6. The Bertz CT molecular complexity index is 422. The van der Waals surface area contributed by atoms with Gasteiger partial charge in [0, 0.05) is 12.6 Å². The molecule has 5 nitrogen and oxygen atoms in total. The zero-order valence-electron chi connectivity index (χ0n) is 13.4. The van der Waals surface area contributed by atoms with Crippen LogP contribution < -0.4 is 10.6 Å². The topological polar surface area (TPSA) is 67.4 Å². The highest BCUT2D eigenvalue weighted by molar-refractivity contribution is 5.88. The Balaban J connectivity index is 4.49. The number of rotatable bonds is 5. The molecule has 0 saturated heterocycles. The summed E-state index contributed by atoms with van der Waals surface area (Å²) in [6, 6.07) is -2.04. The number of carbonyl (C=O) groups excluding carboxylic acids is 2. The molecule has 0 aromatic carbocycles. The van der Waals surface area contributed by atoms with Gasteiger partial charge >= 0.3 is 12.3 Å². The van der Waals surface area contributed by atoms with Crippen molar-refractivity contribution in [3.63, 3.8) is 0 Å². The quantitative estimate of drug-likeness (QED) is 0.764. The molecule has 128 valence electrons. The monoisotopic (exact) mass is 324 g/mol. The highest BCUT2D eigenvalue weighted by Gasteiger charge is 2.40. The van der Waals surface area contributed by atoms with Crippen molar-refractivity contribution in [2.75, 3.05) is 6.54 Å². The molecule has 0 spiro atoms. The number of alkyl carbamates (subject to hydrolysis) is 1. The first-order chi connectivity index (χ1) is 9.81. The molecule has 0 aliphatic heterocycles. The average molecular weight is 324 g/mol. The Kier molecular flexibility index (Phi) is 7.42. The molecule has 0 aliphatic carbocycles. The number of nitrogens with one attached hydrogen (secondary N) is 2. The summed E-state index contributed by atoms with van der Waals surface area (Å²) in [6.45, 7) is 7.87. The first-order valence-corrected chi connectivity index (χ1v) is 6.80. The third kappa shape index (κ3) is 10.1. The van der Waals surface area contributed by atoms with Crippen molar-refractivity contribution in [3.05, 3.63) is 11.6 Å². The van der Waals surface area contributed by atoms with E-state index in [0.717, 1.165) is 6.08 Å². The van der Waals surface area contributed by atoms with E-state index in [9.17, 15) is 22.8 Å². The van der Waals surface area contributed by atoms with E-state index < -0.39 is 36.2 Å². The maximum Gasteiger partial charge on any atom is 0.408 e. The fourth-order valence-corrected chi connectivity index (χ4v) is 1.43. The van der Waals surface area contributed by atoms with Gasteiger partial charge in [-0.3, -0.25) is 4.79 Å². The van der Waals surface area contributed by atoms with Crippen LogP contribution in [0, 0.1) is 0 Å². The highest BCUT2D eigenvalue weighted by atomic mass is 19.4. The Hall–Kier alpha value is -1.73. The summed E-state index contributed by atoms with van der Waals surface area (Å²) in [6.07, 6.45) is -4.80. The first-order valence-electron chi connectivity index (χ1n) is 6.80. The molecule has 2 N–H and O–H groups in total. The molecule has 0 aliphatic rings. The normalized spacial score (nSPS) is 13.1. The average Bonchev–Trinajstić information content (AvgIpc) is 2.22. The summed E-state index contributed by atoms with van der Waals surface area (Å²) in [5.74, 6) is -0.820. The molecule has 1 unspecified atom stereocenters. The van der Waals surface area contributed by atoms with Gasteiger partial charge in [0.25, 0.3) is 0 Å². The fraction of sp³-hybridized carbons (Fsp3) is 0.714. The lowest BCUT2D eigenvalue weighted by molar-refractivity contribution is -0.161. The van der Waals surface area contributed by atoms with E-state index in [4.69, 9.17) is 4.74 Å². The van der Waals surface area contributed by atoms with Gasteiger partial charge in [-0.25, -0.2) is 4.79 Å². The number of hydrogen-bond acceptors (Lipinski definition) is 3. The summed E-state index contributed by atoms with van der Waals surface area (Å²) in [5.41, 5.74) is -0.143. The van der Waals surface area contributed by atoms with Gasteiger partial charge in [0.2, 0.25) is 5.91 Å². The van der Waals surface area contributed by atoms with Gasteiger partial charge in [0.15, 0.2) is 0 Å². The van der Waals surface area contributed by atoms with Crippen LogP contribution in [0.2, 0.25) is 0 Å². The Morgan fingerprint density at radius 1 is 1.18 bits per heavy atom. The van der Waals surface area contributed by atoms with Crippen LogP contribution in [0.5, 0.6) is 0 Å². The van der Waals surface area contributed by atoms with Crippen LogP contribution in [0.15, 0.2) is 11.6 Å². The van der Waals surface area contributed by atoms with Crippen molar-refractivity contribution in [1.29, 1.82) is 0 Å². The molecule has 8 heteroatoms. The molecule has 1 atom stereocenters. The number of ether oxygens (including phenoxy) is 1. The Morgan fingerprint density at radius 2 is 1.73 bits per heavy atom. The molecular formula is C14H23F3N2O3. The van der Waals surface area contributed by atoms with Gasteiger partial charge in [0.1, 0.15) is 11.6 Å². The molecule has 0 bridgehead atoms. The summed E-state index contributed by atoms with van der Waals surface area (Å²) in [7, 11) is 0. The van der Waals surface area contributed by atoms with Gasteiger partial charge in [-0.15, -0.1) is 0 Å². The van der Waals surface area contributed by atoms with Crippen LogP contribution in [-0.4, -0.2) is 36.4 Å². The molecule has 0 saturated carbocycles. The van der Waals surface area contributed by atoms with Gasteiger partial charge in [-0.05, 0) is 41.0 Å². The lowest BCUT2D eigenvalue weighted by atomic mass is 10.2. The Morgan fingerprint density at radius 3 is 2.14 bits per heavy atom. The van der Waals surface area contributed by atoms with Gasteiger partial charge in [-0.1, -0.05) is 5.57 Å². The number of carbonyl (C=O) groups is 2. The third-order valence-electron chi connectivity index (χ3n) is 2.23. The van der Waals surface area contributed by atoms with Crippen molar-refractivity contribution in [3.8, 4) is 0 Å². The first kappa shape index (κ1) is 20.3. The summed E-state index contributed by atoms with van der Waals surface area (Å²) in [4.78, 5) is 22.7. The smallest absolute Gasteiger partial charge is 0.408 e. The van der Waals surface area contributed by atoms with Crippen LogP contribution in [0.4, 0.5) is 18.0 Å². The van der Waals surface area contributed by atoms with Gasteiger partial charge < -0.3 is 15.4 Å². The minimum absolute atomic E-state index is 0.270. The van der Waals surface area contributed by atoms with Crippen molar-refractivity contribution < 1.29 is 27.5 Å². The van der Waals surface area contributed by atoms with E-state index in [1.807, 2.05) is 5.32 Å². The second-order valence-electron chi connectivity index (χ2n) is 6.04. The number of allylic oxidation sites excluding steroid dienone is 1. The van der Waals surface area contributed by atoms with E-state index in [1.54, 1.807) is 34.6 Å². The predicted molar refractivity (Wildman–Crippen MR) is 76.3 cm³/mol.